The highest BCUT2D eigenvalue weighted by Gasteiger charge is 2.16. The van der Waals surface area contributed by atoms with Gasteiger partial charge in [-0.25, -0.2) is 4.79 Å². The molecule has 0 saturated heterocycles. The summed E-state index contributed by atoms with van der Waals surface area (Å²) in [7, 11) is 0. The fourth-order valence-electron chi connectivity index (χ4n) is 2.50. The smallest absolute Gasteiger partial charge is 0.340 e. The van der Waals surface area contributed by atoms with E-state index < -0.39 is 0 Å². The Bertz CT molecular complexity index is 855. The van der Waals surface area contributed by atoms with Crippen LogP contribution in [0.5, 0.6) is 0 Å². The van der Waals surface area contributed by atoms with Crippen molar-refractivity contribution in [3.63, 3.8) is 0 Å². The number of hydrogen-bond donors (Lipinski definition) is 0. The summed E-state index contributed by atoms with van der Waals surface area (Å²) in [6, 6.07) is 3.97. The zero-order valence-electron chi connectivity index (χ0n) is 11.0. The van der Waals surface area contributed by atoms with Crippen LogP contribution in [0.1, 0.15) is 22.5 Å². The predicted molar refractivity (Wildman–Crippen MR) is 76.0 cm³/mol. The van der Waals surface area contributed by atoms with E-state index in [-0.39, 0.29) is 11.5 Å². The van der Waals surface area contributed by atoms with Crippen LogP contribution in [0, 0.1) is 20.8 Å². The van der Waals surface area contributed by atoms with Gasteiger partial charge in [0.1, 0.15) is 16.9 Å². The molecular formula is C15H13ClO3. The monoisotopic (exact) mass is 276 g/mol. The van der Waals surface area contributed by atoms with E-state index in [1.165, 1.54) is 0 Å². The SMILES string of the molecule is Cc1cc2cc3c(C)c(CCl)c(=O)oc3c(C)c2o1. The van der Waals surface area contributed by atoms with Crippen molar-refractivity contribution in [2.45, 2.75) is 26.7 Å². The molecule has 2 aromatic heterocycles. The topological polar surface area (TPSA) is 43.4 Å². The molecular weight excluding hydrogens is 264 g/mol. The van der Waals surface area contributed by atoms with E-state index in [1.54, 1.807) is 0 Å². The van der Waals surface area contributed by atoms with Gasteiger partial charge in [-0.3, -0.25) is 0 Å². The number of fused-ring (bicyclic) bond motifs is 2. The van der Waals surface area contributed by atoms with Crippen molar-refractivity contribution in [3.8, 4) is 0 Å². The van der Waals surface area contributed by atoms with Gasteiger partial charge in [-0.15, -0.1) is 11.6 Å². The largest absolute Gasteiger partial charge is 0.461 e. The Labute approximate surface area is 114 Å². The molecule has 2 heterocycles. The molecule has 0 amide bonds. The molecule has 0 saturated carbocycles. The second-order valence-electron chi connectivity index (χ2n) is 4.78. The Morgan fingerprint density at radius 3 is 2.47 bits per heavy atom. The summed E-state index contributed by atoms with van der Waals surface area (Å²) in [5.74, 6) is 0.997. The maximum absolute atomic E-state index is 11.9. The van der Waals surface area contributed by atoms with Gasteiger partial charge in [-0.1, -0.05) is 0 Å². The maximum atomic E-state index is 11.9. The molecule has 3 aromatic rings. The van der Waals surface area contributed by atoms with Crippen molar-refractivity contribution in [3.05, 3.63) is 45.0 Å². The predicted octanol–water partition coefficient (Wildman–Crippen LogP) is 4.20. The van der Waals surface area contributed by atoms with Crippen LogP contribution < -0.4 is 5.63 Å². The average Bonchev–Trinajstić information content (AvgIpc) is 2.73. The van der Waals surface area contributed by atoms with E-state index in [4.69, 9.17) is 20.4 Å². The van der Waals surface area contributed by atoms with Crippen molar-refractivity contribution < 1.29 is 8.83 Å². The molecule has 0 N–H and O–H groups in total. The molecule has 0 fully saturated rings. The van der Waals surface area contributed by atoms with Crippen molar-refractivity contribution in [2.24, 2.45) is 0 Å². The molecule has 3 rings (SSSR count). The van der Waals surface area contributed by atoms with Crippen LogP contribution in [0.3, 0.4) is 0 Å². The number of benzene rings is 1. The van der Waals surface area contributed by atoms with Crippen LogP contribution in [-0.2, 0) is 5.88 Å². The summed E-state index contributed by atoms with van der Waals surface area (Å²) < 4.78 is 11.1. The van der Waals surface area contributed by atoms with Crippen LogP contribution in [0.2, 0.25) is 0 Å². The summed E-state index contributed by atoms with van der Waals surface area (Å²) in [4.78, 5) is 11.9. The highest BCUT2D eigenvalue weighted by Crippen LogP contribution is 2.31. The van der Waals surface area contributed by atoms with Crippen LogP contribution >= 0.6 is 11.6 Å². The summed E-state index contributed by atoms with van der Waals surface area (Å²) in [5, 5.41) is 1.93. The second-order valence-corrected chi connectivity index (χ2v) is 5.05. The first-order valence-electron chi connectivity index (χ1n) is 6.05. The molecule has 0 atom stereocenters. The lowest BCUT2D eigenvalue weighted by molar-refractivity contribution is 0.546. The Hall–Kier alpha value is -1.74. The first kappa shape index (κ1) is 12.3. The van der Waals surface area contributed by atoms with Gasteiger partial charge in [0.25, 0.3) is 0 Å². The molecule has 0 bridgehead atoms. The van der Waals surface area contributed by atoms with Gasteiger partial charge >= 0.3 is 5.63 Å². The van der Waals surface area contributed by atoms with Gasteiger partial charge in [0, 0.05) is 16.3 Å². The third kappa shape index (κ3) is 1.69. The Morgan fingerprint density at radius 2 is 1.79 bits per heavy atom. The highest BCUT2D eigenvalue weighted by molar-refractivity contribution is 6.17. The van der Waals surface area contributed by atoms with Crippen LogP contribution in [-0.4, -0.2) is 0 Å². The van der Waals surface area contributed by atoms with E-state index in [9.17, 15) is 4.79 Å². The number of hydrogen-bond acceptors (Lipinski definition) is 3. The quantitative estimate of drug-likeness (QED) is 0.494. The third-order valence-electron chi connectivity index (χ3n) is 3.54. The van der Waals surface area contributed by atoms with Crippen LogP contribution in [0.15, 0.2) is 25.8 Å². The standard InChI is InChI=1S/C15H13ClO3/c1-7-4-10-5-11-8(2)12(6-16)15(17)19-14(11)9(3)13(10)18-7/h4-5H,6H2,1-3H3. The van der Waals surface area contributed by atoms with Gasteiger partial charge < -0.3 is 8.83 Å². The first-order chi connectivity index (χ1) is 9.02. The molecule has 3 nitrogen and oxygen atoms in total. The minimum Gasteiger partial charge on any atom is -0.461 e. The summed E-state index contributed by atoms with van der Waals surface area (Å²) in [6.45, 7) is 5.70. The number of alkyl halides is 1. The van der Waals surface area contributed by atoms with Gasteiger partial charge in [0.05, 0.1) is 11.4 Å². The van der Waals surface area contributed by atoms with Crippen molar-refractivity contribution >= 4 is 33.5 Å². The fourth-order valence-corrected chi connectivity index (χ4v) is 2.80. The van der Waals surface area contributed by atoms with Crippen LogP contribution in [0.4, 0.5) is 0 Å². The van der Waals surface area contributed by atoms with E-state index in [0.29, 0.717) is 11.1 Å². The van der Waals surface area contributed by atoms with Crippen molar-refractivity contribution in [2.75, 3.05) is 0 Å². The van der Waals surface area contributed by atoms with E-state index in [1.807, 2.05) is 32.9 Å². The molecule has 1 aromatic carbocycles. The Morgan fingerprint density at radius 1 is 1.05 bits per heavy atom. The van der Waals surface area contributed by atoms with Crippen LogP contribution in [0.25, 0.3) is 21.9 Å². The van der Waals surface area contributed by atoms with Crippen molar-refractivity contribution in [1.29, 1.82) is 0 Å². The summed E-state index contributed by atoms with van der Waals surface area (Å²) in [6.07, 6.45) is 0. The van der Waals surface area contributed by atoms with E-state index >= 15 is 0 Å². The zero-order valence-corrected chi connectivity index (χ0v) is 11.7. The van der Waals surface area contributed by atoms with Crippen molar-refractivity contribution in [1.82, 2.24) is 0 Å². The number of aryl methyl sites for hydroxylation is 3. The van der Waals surface area contributed by atoms with E-state index in [0.717, 1.165) is 33.2 Å². The third-order valence-corrected chi connectivity index (χ3v) is 3.81. The van der Waals surface area contributed by atoms with E-state index in [2.05, 4.69) is 0 Å². The molecule has 0 aliphatic rings. The zero-order chi connectivity index (χ0) is 13.7. The molecule has 19 heavy (non-hydrogen) atoms. The summed E-state index contributed by atoms with van der Waals surface area (Å²) >= 11 is 5.82. The van der Waals surface area contributed by atoms with Gasteiger partial charge in [-0.2, -0.15) is 0 Å². The second kappa shape index (κ2) is 4.14. The normalized spacial score (nSPS) is 11.6. The van der Waals surface area contributed by atoms with Gasteiger partial charge in [0.15, 0.2) is 0 Å². The Kier molecular flexibility index (Phi) is 2.68. The molecule has 0 aliphatic carbocycles. The first-order valence-corrected chi connectivity index (χ1v) is 6.58. The fraction of sp³-hybridized carbons (Fsp3) is 0.267. The van der Waals surface area contributed by atoms with Gasteiger partial charge in [-0.05, 0) is 38.5 Å². The molecule has 0 radical (unpaired) electrons. The molecule has 0 unspecified atom stereocenters. The molecule has 0 aliphatic heterocycles. The molecule has 98 valence electrons. The Balaban J connectivity index is 2.57. The number of furan rings is 1. The lowest BCUT2D eigenvalue weighted by Crippen LogP contribution is -2.08. The van der Waals surface area contributed by atoms with Gasteiger partial charge in [0.2, 0.25) is 0 Å². The summed E-state index contributed by atoms with van der Waals surface area (Å²) in [5.41, 5.74) is 3.23. The molecule has 4 heteroatoms. The molecule has 0 spiro atoms. The minimum atomic E-state index is -0.370. The average molecular weight is 277 g/mol. The number of halogens is 1. The lowest BCUT2D eigenvalue weighted by Gasteiger charge is -2.07. The highest BCUT2D eigenvalue weighted by atomic mass is 35.5. The minimum absolute atomic E-state index is 0.158. The maximum Gasteiger partial charge on any atom is 0.340 e. The lowest BCUT2D eigenvalue weighted by atomic mass is 10.0. The number of rotatable bonds is 1.